The minimum atomic E-state index is -0.304. The van der Waals surface area contributed by atoms with Crippen LogP contribution in [0.4, 0.5) is 0 Å². The van der Waals surface area contributed by atoms with Gasteiger partial charge in [-0.1, -0.05) is 26.7 Å². The lowest BCUT2D eigenvalue weighted by Crippen LogP contribution is -2.16. The summed E-state index contributed by atoms with van der Waals surface area (Å²) in [6.07, 6.45) is 3.52. The molecule has 0 unspecified atom stereocenters. The van der Waals surface area contributed by atoms with E-state index >= 15 is 0 Å². The number of hydrogen-bond donors (Lipinski definition) is 2. The average molecular weight is 160 g/mol. The molecule has 11 heavy (non-hydrogen) atoms. The van der Waals surface area contributed by atoms with Crippen LogP contribution in [0.3, 0.4) is 0 Å². The van der Waals surface area contributed by atoms with E-state index in [1.165, 1.54) is 0 Å². The lowest BCUT2D eigenvalue weighted by Gasteiger charge is -2.13. The van der Waals surface area contributed by atoms with Gasteiger partial charge in [0.1, 0.15) is 0 Å². The van der Waals surface area contributed by atoms with Gasteiger partial charge in [-0.3, -0.25) is 0 Å². The molecule has 0 aliphatic rings. The van der Waals surface area contributed by atoms with E-state index in [0.717, 1.165) is 25.7 Å². The Morgan fingerprint density at radius 2 is 1.27 bits per heavy atom. The highest BCUT2D eigenvalue weighted by Gasteiger charge is 2.09. The second-order valence-corrected chi connectivity index (χ2v) is 3.12. The van der Waals surface area contributed by atoms with Crippen molar-refractivity contribution < 1.29 is 10.2 Å². The summed E-state index contributed by atoms with van der Waals surface area (Å²) in [6, 6.07) is 0. The zero-order valence-corrected chi connectivity index (χ0v) is 7.58. The minimum Gasteiger partial charge on any atom is -0.393 e. The monoisotopic (exact) mass is 160 g/mol. The molecule has 0 radical (unpaired) electrons. The SMILES string of the molecule is CCC[C@H](O)C[C@@H](O)CCC. The van der Waals surface area contributed by atoms with Crippen LogP contribution in [0.25, 0.3) is 0 Å². The van der Waals surface area contributed by atoms with E-state index in [4.69, 9.17) is 0 Å². The number of rotatable bonds is 6. The second kappa shape index (κ2) is 6.62. The van der Waals surface area contributed by atoms with Gasteiger partial charge in [0.05, 0.1) is 12.2 Å². The van der Waals surface area contributed by atoms with Crippen molar-refractivity contribution in [3.05, 3.63) is 0 Å². The quantitative estimate of drug-likeness (QED) is 0.621. The molecule has 0 bridgehead atoms. The van der Waals surface area contributed by atoms with Crippen LogP contribution in [0.5, 0.6) is 0 Å². The summed E-state index contributed by atoms with van der Waals surface area (Å²) in [5.41, 5.74) is 0. The fourth-order valence-corrected chi connectivity index (χ4v) is 1.22. The average Bonchev–Trinajstić information content (AvgIpc) is 1.87. The molecule has 2 heteroatoms. The van der Waals surface area contributed by atoms with Gasteiger partial charge in [0, 0.05) is 0 Å². The number of hydrogen-bond acceptors (Lipinski definition) is 2. The summed E-state index contributed by atoms with van der Waals surface area (Å²) < 4.78 is 0. The van der Waals surface area contributed by atoms with Crippen LogP contribution in [0.2, 0.25) is 0 Å². The molecule has 0 aromatic carbocycles. The highest BCUT2D eigenvalue weighted by molar-refractivity contribution is 4.62. The Morgan fingerprint density at radius 3 is 1.55 bits per heavy atom. The molecule has 0 saturated heterocycles. The van der Waals surface area contributed by atoms with Gasteiger partial charge in [-0.25, -0.2) is 0 Å². The van der Waals surface area contributed by atoms with Crippen LogP contribution in [0, 0.1) is 0 Å². The summed E-state index contributed by atoms with van der Waals surface area (Å²) in [7, 11) is 0. The first-order valence-corrected chi connectivity index (χ1v) is 4.56. The van der Waals surface area contributed by atoms with E-state index in [1.54, 1.807) is 0 Å². The Balaban J connectivity index is 3.32. The maximum absolute atomic E-state index is 9.29. The molecule has 2 nitrogen and oxygen atoms in total. The zero-order valence-electron chi connectivity index (χ0n) is 7.58. The summed E-state index contributed by atoms with van der Waals surface area (Å²) in [6.45, 7) is 4.07. The van der Waals surface area contributed by atoms with Crippen molar-refractivity contribution in [2.75, 3.05) is 0 Å². The molecule has 0 saturated carbocycles. The molecular formula is C9H20O2. The van der Waals surface area contributed by atoms with Crippen LogP contribution < -0.4 is 0 Å². The van der Waals surface area contributed by atoms with Crippen LogP contribution in [0.15, 0.2) is 0 Å². The summed E-state index contributed by atoms with van der Waals surface area (Å²) in [4.78, 5) is 0. The molecule has 0 heterocycles. The molecule has 68 valence electrons. The molecule has 0 aromatic rings. The van der Waals surface area contributed by atoms with Crippen molar-refractivity contribution in [2.24, 2.45) is 0 Å². The topological polar surface area (TPSA) is 40.5 Å². The van der Waals surface area contributed by atoms with Crippen molar-refractivity contribution in [1.82, 2.24) is 0 Å². The third-order valence-corrected chi connectivity index (χ3v) is 1.79. The van der Waals surface area contributed by atoms with Crippen molar-refractivity contribution >= 4 is 0 Å². The van der Waals surface area contributed by atoms with E-state index < -0.39 is 0 Å². The molecule has 2 N–H and O–H groups in total. The summed E-state index contributed by atoms with van der Waals surface area (Å²) >= 11 is 0. The Labute approximate surface area is 69.2 Å². The second-order valence-electron chi connectivity index (χ2n) is 3.12. The van der Waals surface area contributed by atoms with Gasteiger partial charge in [-0.2, -0.15) is 0 Å². The molecule has 0 rings (SSSR count). The van der Waals surface area contributed by atoms with Gasteiger partial charge < -0.3 is 10.2 Å². The molecule has 0 amide bonds. The molecule has 0 aromatic heterocycles. The predicted molar refractivity (Wildman–Crippen MR) is 46.4 cm³/mol. The van der Waals surface area contributed by atoms with Crippen LogP contribution in [-0.4, -0.2) is 22.4 Å². The van der Waals surface area contributed by atoms with Crippen LogP contribution >= 0.6 is 0 Å². The highest BCUT2D eigenvalue weighted by atomic mass is 16.3. The molecule has 0 fully saturated rings. The lowest BCUT2D eigenvalue weighted by molar-refractivity contribution is 0.0703. The maximum atomic E-state index is 9.29. The van der Waals surface area contributed by atoms with E-state index in [1.807, 2.05) is 13.8 Å². The molecule has 0 aliphatic heterocycles. The molecule has 0 aliphatic carbocycles. The van der Waals surface area contributed by atoms with Crippen molar-refractivity contribution in [3.8, 4) is 0 Å². The van der Waals surface area contributed by atoms with Gasteiger partial charge in [0.2, 0.25) is 0 Å². The van der Waals surface area contributed by atoms with Gasteiger partial charge in [0.15, 0.2) is 0 Å². The first-order chi connectivity index (χ1) is 5.20. The van der Waals surface area contributed by atoms with E-state index in [0.29, 0.717) is 6.42 Å². The van der Waals surface area contributed by atoms with Crippen molar-refractivity contribution in [2.45, 2.75) is 58.2 Å². The fourth-order valence-electron chi connectivity index (χ4n) is 1.22. The van der Waals surface area contributed by atoms with Gasteiger partial charge in [-0.15, -0.1) is 0 Å². The largest absolute Gasteiger partial charge is 0.393 e. The van der Waals surface area contributed by atoms with Crippen LogP contribution in [-0.2, 0) is 0 Å². The Morgan fingerprint density at radius 1 is 0.909 bits per heavy atom. The Hall–Kier alpha value is -0.0800. The standard InChI is InChI=1S/C9H20O2/c1-3-5-8(10)7-9(11)6-4-2/h8-11H,3-7H2,1-2H3/t8-,9-/m0/s1. The van der Waals surface area contributed by atoms with Gasteiger partial charge in [0.25, 0.3) is 0 Å². The lowest BCUT2D eigenvalue weighted by atomic mass is 10.0. The minimum absolute atomic E-state index is 0.304. The van der Waals surface area contributed by atoms with Crippen LogP contribution in [0.1, 0.15) is 46.0 Å². The molecule has 2 atom stereocenters. The van der Waals surface area contributed by atoms with Crippen molar-refractivity contribution in [3.63, 3.8) is 0 Å². The number of aliphatic hydroxyl groups excluding tert-OH is 2. The van der Waals surface area contributed by atoms with Gasteiger partial charge in [-0.05, 0) is 19.3 Å². The first kappa shape index (κ1) is 10.9. The van der Waals surface area contributed by atoms with Crippen molar-refractivity contribution in [1.29, 1.82) is 0 Å². The zero-order chi connectivity index (χ0) is 8.69. The third kappa shape index (κ3) is 6.32. The molecular weight excluding hydrogens is 140 g/mol. The van der Waals surface area contributed by atoms with E-state index in [9.17, 15) is 10.2 Å². The van der Waals surface area contributed by atoms with E-state index in [2.05, 4.69) is 0 Å². The summed E-state index contributed by atoms with van der Waals surface area (Å²) in [5, 5.41) is 18.6. The Kier molecular flexibility index (Phi) is 6.57. The Bertz CT molecular complexity index is 73.6. The number of aliphatic hydroxyl groups is 2. The van der Waals surface area contributed by atoms with Gasteiger partial charge >= 0.3 is 0 Å². The molecule has 0 spiro atoms. The normalized spacial score (nSPS) is 16.4. The first-order valence-electron chi connectivity index (χ1n) is 4.56. The summed E-state index contributed by atoms with van der Waals surface area (Å²) in [5.74, 6) is 0. The van der Waals surface area contributed by atoms with E-state index in [-0.39, 0.29) is 12.2 Å². The highest BCUT2D eigenvalue weighted by Crippen LogP contribution is 2.08. The third-order valence-electron chi connectivity index (χ3n) is 1.79. The maximum Gasteiger partial charge on any atom is 0.0564 e. The predicted octanol–water partition coefficient (Wildman–Crippen LogP) is 1.70. The fraction of sp³-hybridized carbons (Fsp3) is 1.00. The smallest absolute Gasteiger partial charge is 0.0564 e.